The molecular formula is C4H18IN. The molecule has 1 nitrogen and oxygen atoms in total. The molecule has 0 aromatic heterocycles. The summed E-state index contributed by atoms with van der Waals surface area (Å²) >= 11 is 1.70. The molecule has 0 aromatic carbocycles. The van der Waals surface area contributed by atoms with Gasteiger partial charge in [0.1, 0.15) is 1.41 Å². The Bertz CT molecular complexity index is 11.7. The maximum atomic E-state index is 5.94. The van der Waals surface area contributed by atoms with Crippen LogP contribution in [-0.2, 0) is 0 Å². The molecular weight excluding hydrogens is 189 g/mol. The molecule has 2 heteroatoms. The van der Waals surface area contributed by atoms with Crippen molar-refractivity contribution in [2.45, 2.75) is 29.7 Å². The highest BCUT2D eigenvalue weighted by molar-refractivity contribution is 14.1. The van der Waals surface area contributed by atoms with E-state index in [0.717, 1.165) is 0 Å². The van der Waals surface area contributed by atoms with Gasteiger partial charge in [0, 0.05) is 22.9 Å². The normalized spacial score (nSPS) is 3.17. The second kappa shape index (κ2) is 263. The van der Waals surface area contributed by atoms with Gasteiger partial charge in [0.15, 0.2) is 0 Å². The molecule has 0 atom stereocenters. The van der Waals surface area contributed by atoms with Gasteiger partial charge in [-0.2, -0.15) is 0 Å². The van der Waals surface area contributed by atoms with Crippen molar-refractivity contribution in [1.29, 1.82) is 0 Å². The van der Waals surface area contributed by atoms with Gasteiger partial charge in [0.25, 0.3) is 0 Å². The van der Waals surface area contributed by atoms with E-state index in [4.69, 9.17) is 1.41 Å². The van der Waals surface area contributed by atoms with Crippen LogP contribution in [0, 0.1) is 0 Å². The van der Waals surface area contributed by atoms with E-state index in [-0.39, 0.29) is 29.7 Å². The highest BCUT2D eigenvalue weighted by Crippen LogP contribution is 1.31. The average molecular weight is 209 g/mol. The molecule has 0 unspecified atom stereocenters. The fourth-order valence-corrected chi connectivity index (χ4v) is 0. The first-order valence-electron chi connectivity index (χ1n) is 0.689. The second-order valence-corrected chi connectivity index (χ2v) is 0. The molecule has 46 valence electrons. The van der Waals surface area contributed by atoms with Gasteiger partial charge in [0.2, 0.25) is 0 Å². The Morgan fingerprint density at radius 2 is 1.17 bits per heavy atom. The summed E-state index contributed by atoms with van der Waals surface area (Å²) in [6.07, 6.45) is 0. The van der Waals surface area contributed by atoms with E-state index >= 15 is 0 Å². The summed E-state index contributed by atoms with van der Waals surface area (Å²) in [5.74, 6) is 0. The van der Waals surface area contributed by atoms with Crippen LogP contribution < -0.4 is 3.94 Å². The summed E-state index contributed by atoms with van der Waals surface area (Å²) in [6, 6.07) is 0. The maximum absolute atomic E-state index is 5.94. The highest BCUT2D eigenvalue weighted by Gasteiger charge is 0.880. The van der Waals surface area contributed by atoms with Crippen molar-refractivity contribution in [2.75, 3.05) is 0 Å². The highest BCUT2D eigenvalue weighted by atomic mass is 127. The fourth-order valence-electron chi connectivity index (χ4n) is 0. The molecule has 0 aliphatic carbocycles. The quantitative estimate of drug-likeness (QED) is 0.481. The fraction of sp³-hybridized carbons (Fsp3) is 1.00. The molecule has 0 radical (unpaired) electrons. The van der Waals surface area contributed by atoms with Gasteiger partial charge in [0.05, 0.1) is 0 Å². The van der Waals surface area contributed by atoms with Crippen LogP contribution in [0.25, 0.3) is 0 Å². The summed E-state index contributed by atoms with van der Waals surface area (Å²) < 4.78 is 7.92. The average Bonchev–Trinajstić information content (AvgIpc) is 0.918. The molecule has 0 aliphatic heterocycles. The molecule has 0 aromatic rings. The van der Waals surface area contributed by atoms with E-state index in [1.54, 1.807) is 22.9 Å². The van der Waals surface area contributed by atoms with Gasteiger partial charge >= 0.3 is 0 Å². The Morgan fingerprint density at radius 3 is 1.17 bits per heavy atom. The molecule has 0 aliphatic rings. The van der Waals surface area contributed by atoms with Crippen molar-refractivity contribution < 1.29 is 1.41 Å². The molecule has 0 fully saturated rings. The van der Waals surface area contributed by atoms with E-state index < -0.39 is 0 Å². The van der Waals surface area contributed by atoms with E-state index in [1.807, 2.05) is 3.94 Å². The Morgan fingerprint density at radius 1 is 1.17 bits per heavy atom. The van der Waals surface area contributed by atoms with Gasteiger partial charge in [-0.3, -0.25) is 3.94 Å². The molecule has 0 rings (SSSR count). The SMILES string of the molecule is C.C.C.C.[3H]NI. The molecule has 0 saturated carbocycles. The molecule has 0 amide bonds. The number of hydrogen-bond acceptors (Lipinski definition) is 1. The molecule has 0 saturated heterocycles. The van der Waals surface area contributed by atoms with E-state index in [0.29, 0.717) is 0 Å². The third-order valence-corrected chi connectivity index (χ3v) is 0. The van der Waals surface area contributed by atoms with Gasteiger partial charge in [-0.25, -0.2) is 0 Å². The van der Waals surface area contributed by atoms with Crippen molar-refractivity contribution in [2.24, 2.45) is 3.94 Å². The minimum atomic E-state index is 0. The van der Waals surface area contributed by atoms with Gasteiger partial charge < -0.3 is 0 Å². The lowest BCUT2D eigenvalue weighted by Crippen LogP contribution is -1.45. The van der Waals surface area contributed by atoms with Crippen molar-refractivity contribution >= 4 is 22.9 Å². The van der Waals surface area contributed by atoms with E-state index in [2.05, 4.69) is 0 Å². The Hall–Kier alpha value is 0.690. The summed E-state index contributed by atoms with van der Waals surface area (Å²) in [6.45, 7) is 0. The number of nitrogens with two attached hydrogens (primary N) is 1. The summed E-state index contributed by atoms with van der Waals surface area (Å²) in [7, 11) is 0. The second-order valence-electron chi connectivity index (χ2n) is 0. The smallest absolute Gasteiger partial charge is 0.131 e. The summed E-state index contributed by atoms with van der Waals surface area (Å²) in [5.41, 5.74) is 0. The molecule has 6 heavy (non-hydrogen) atoms. The number of rotatable bonds is 0. The predicted octanol–water partition coefficient (Wildman–Crippen LogP) is 2.84. The first-order chi connectivity index (χ1) is 1.41. The van der Waals surface area contributed by atoms with Crippen LogP contribution in [0.2, 0.25) is 1.41 Å². The molecule has 0 spiro atoms. The van der Waals surface area contributed by atoms with Crippen molar-refractivity contribution in [3.63, 3.8) is 0 Å². The standard InChI is InChI=1S/4CH4.H2IN/c;;;;1-2/h4*1H4;2H2/i/hT. The maximum Gasteiger partial charge on any atom is 0.131 e. The zero-order valence-corrected chi connectivity index (χ0v) is 3.04. The van der Waals surface area contributed by atoms with Crippen LogP contribution in [0.4, 0.5) is 0 Å². The first-order valence-corrected chi connectivity index (χ1v) is 1.27. The zero-order valence-electron chi connectivity index (χ0n) is 1.88. The Balaban J connectivity index is -0.00000000333. The Labute approximate surface area is 58.3 Å². The van der Waals surface area contributed by atoms with Crippen LogP contribution in [-0.4, -0.2) is 0 Å². The predicted molar refractivity (Wildman–Crippen MR) is 45.1 cm³/mol. The topological polar surface area (TPSA) is 26.0 Å². The monoisotopic (exact) mass is 209 g/mol. The number of hydrogen-bond donors (Lipinski definition) is 1. The van der Waals surface area contributed by atoms with Gasteiger partial charge in [-0.15, -0.1) is 0 Å². The molecule has 0 heterocycles. The Kier molecular flexibility index (Phi) is 1310. The van der Waals surface area contributed by atoms with Crippen LogP contribution in [0.1, 0.15) is 29.7 Å². The van der Waals surface area contributed by atoms with Gasteiger partial charge in [-0.05, 0) is 0 Å². The third-order valence-electron chi connectivity index (χ3n) is 0. The molecule has 0 bridgehead atoms. The van der Waals surface area contributed by atoms with Crippen LogP contribution in [0.15, 0.2) is 0 Å². The van der Waals surface area contributed by atoms with E-state index in [9.17, 15) is 0 Å². The lowest BCUT2D eigenvalue weighted by Gasteiger charge is -1.14. The van der Waals surface area contributed by atoms with Crippen LogP contribution in [0.5, 0.6) is 0 Å². The van der Waals surface area contributed by atoms with Crippen LogP contribution >= 0.6 is 22.9 Å². The number of halogens is 1. The largest absolute Gasteiger partial charge is 0.275 e. The third kappa shape index (κ3) is 134. The van der Waals surface area contributed by atoms with Crippen LogP contribution in [0.3, 0.4) is 0 Å². The van der Waals surface area contributed by atoms with Crippen molar-refractivity contribution in [3.05, 3.63) is 0 Å². The van der Waals surface area contributed by atoms with E-state index in [1.165, 1.54) is 0 Å². The minimum Gasteiger partial charge on any atom is -0.275 e. The zero-order chi connectivity index (χ0) is 2.71. The molecule has 2 N–H and O–H groups in total. The van der Waals surface area contributed by atoms with Crippen molar-refractivity contribution in [1.82, 2.24) is 0 Å². The van der Waals surface area contributed by atoms with Gasteiger partial charge in [-0.1, -0.05) is 29.7 Å². The summed E-state index contributed by atoms with van der Waals surface area (Å²) in [4.78, 5) is 0. The minimum absolute atomic E-state index is 0. The van der Waals surface area contributed by atoms with Crippen molar-refractivity contribution in [3.8, 4) is 0 Å². The lowest BCUT2D eigenvalue weighted by atomic mass is 12.0. The first kappa shape index (κ1) is 29.9. The summed E-state index contributed by atoms with van der Waals surface area (Å²) in [5, 5.41) is 0. The lowest BCUT2D eigenvalue weighted by molar-refractivity contribution is 2.18.